The lowest BCUT2D eigenvalue weighted by Crippen LogP contribution is -2.19. The highest BCUT2D eigenvalue weighted by Gasteiger charge is 2.16. The summed E-state index contributed by atoms with van der Waals surface area (Å²) in [6.07, 6.45) is -0.433. The molecule has 0 unspecified atom stereocenters. The number of carbonyl (C=O) groups is 1. The molecule has 106 valence electrons. The van der Waals surface area contributed by atoms with Crippen LogP contribution in [0.3, 0.4) is 0 Å². The number of anilines is 1. The number of sulfonamides is 1. The summed E-state index contributed by atoms with van der Waals surface area (Å²) in [4.78, 5) is 10.4. The van der Waals surface area contributed by atoms with Crippen molar-refractivity contribution in [1.82, 2.24) is 0 Å². The van der Waals surface area contributed by atoms with Gasteiger partial charge in [0.15, 0.2) is 0 Å². The van der Waals surface area contributed by atoms with E-state index in [0.29, 0.717) is 17.0 Å². The number of ether oxygens (including phenoxy) is 1. The molecule has 2 N–H and O–H groups in total. The van der Waals surface area contributed by atoms with Gasteiger partial charge in [0.25, 0.3) is 0 Å². The predicted octanol–water partition coefficient (Wildman–Crippen LogP) is 1.53. The van der Waals surface area contributed by atoms with E-state index >= 15 is 0 Å². The smallest absolute Gasteiger partial charge is 0.304 e. The van der Waals surface area contributed by atoms with Crippen LogP contribution in [0.4, 0.5) is 5.69 Å². The molecule has 0 aliphatic rings. The van der Waals surface area contributed by atoms with Gasteiger partial charge in [-0.2, -0.15) is 0 Å². The van der Waals surface area contributed by atoms with Crippen LogP contribution in [0, 0.1) is 13.8 Å². The second kappa shape index (κ2) is 5.92. The van der Waals surface area contributed by atoms with Crippen molar-refractivity contribution in [2.75, 3.05) is 17.6 Å². The summed E-state index contributed by atoms with van der Waals surface area (Å²) >= 11 is 0. The Kier molecular flexibility index (Phi) is 4.77. The lowest BCUT2D eigenvalue weighted by atomic mass is 10.1. The van der Waals surface area contributed by atoms with Crippen molar-refractivity contribution in [3.63, 3.8) is 0 Å². The molecule has 0 spiro atoms. The van der Waals surface area contributed by atoms with Crippen LogP contribution in [-0.4, -0.2) is 32.4 Å². The first-order valence-electron chi connectivity index (χ1n) is 5.63. The first kappa shape index (κ1) is 15.3. The Bertz CT molecular complexity index is 580. The lowest BCUT2D eigenvalue weighted by molar-refractivity contribution is -0.136. The number of rotatable bonds is 6. The number of hydrogen-bond acceptors (Lipinski definition) is 4. The van der Waals surface area contributed by atoms with Gasteiger partial charge in [-0.05, 0) is 25.5 Å². The second-order valence-corrected chi connectivity index (χ2v) is 5.99. The van der Waals surface area contributed by atoms with E-state index in [0.717, 1.165) is 5.56 Å². The van der Waals surface area contributed by atoms with Crippen molar-refractivity contribution in [2.45, 2.75) is 20.3 Å². The summed E-state index contributed by atoms with van der Waals surface area (Å²) in [5.41, 5.74) is 1.96. The highest BCUT2D eigenvalue weighted by Crippen LogP contribution is 2.29. The van der Waals surface area contributed by atoms with Gasteiger partial charge >= 0.3 is 5.97 Å². The van der Waals surface area contributed by atoms with Gasteiger partial charge in [0.2, 0.25) is 10.0 Å². The van der Waals surface area contributed by atoms with Crippen LogP contribution >= 0.6 is 0 Å². The van der Waals surface area contributed by atoms with Gasteiger partial charge < -0.3 is 9.84 Å². The average Bonchev–Trinajstić information content (AvgIpc) is 2.31. The fraction of sp³-hybridized carbons (Fsp3) is 0.417. The third kappa shape index (κ3) is 4.13. The Labute approximate surface area is 112 Å². The van der Waals surface area contributed by atoms with Crippen LogP contribution in [-0.2, 0) is 14.8 Å². The zero-order valence-corrected chi connectivity index (χ0v) is 11.9. The molecule has 0 amide bonds. The number of hydrogen-bond donors (Lipinski definition) is 2. The van der Waals surface area contributed by atoms with E-state index in [9.17, 15) is 13.2 Å². The highest BCUT2D eigenvalue weighted by atomic mass is 32.2. The van der Waals surface area contributed by atoms with E-state index < -0.39 is 28.2 Å². The fourth-order valence-electron chi connectivity index (χ4n) is 1.69. The summed E-state index contributed by atoms with van der Waals surface area (Å²) in [5, 5.41) is 8.50. The van der Waals surface area contributed by atoms with Crippen LogP contribution < -0.4 is 9.46 Å². The van der Waals surface area contributed by atoms with Crippen molar-refractivity contribution < 1.29 is 23.1 Å². The monoisotopic (exact) mass is 287 g/mol. The molecule has 0 aliphatic heterocycles. The van der Waals surface area contributed by atoms with Gasteiger partial charge in [-0.3, -0.25) is 9.52 Å². The van der Waals surface area contributed by atoms with Crippen LogP contribution in [0.15, 0.2) is 12.1 Å². The topological polar surface area (TPSA) is 92.7 Å². The molecule has 6 nitrogen and oxygen atoms in total. The van der Waals surface area contributed by atoms with Crippen LogP contribution in [0.2, 0.25) is 0 Å². The van der Waals surface area contributed by atoms with Gasteiger partial charge in [-0.15, -0.1) is 0 Å². The molecule has 0 heterocycles. The summed E-state index contributed by atoms with van der Waals surface area (Å²) in [6.45, 7) is 3.59. The molecule has 1 aromatic carbocycles. The molecule has 0 fully saturated rings. The van der Waals surface area contributed by atoms with Crippen molar-refractivity contribution >= 4 is 21.7 Å². The van der Waals surface area contributed by atoms with Gasteiger partial charge in [-0.1, -0.05) is 6.07 Å². The Morgan fingerprint density at radius 1 is 1.37 bits per heavy atom. The molecular formula is C12H17NO5S. The third-order valence-corrected chi connectivity index (χ3v) is 3.93. The number of carboxylic acid groups (broad SMARTS) is 1. The Morgan fingerprint density at radius 2 is 2.00 bits per heavy atom. The second-order valence-electron chi connectivity index (χ2n) is 4.15. The predicted molar refractivity (Wildman–Crippen MR) is 72.1 cm³/mol. The first-order chi connectivity index (χ1) is 8.76. The van der Waals surface area contributed by atoms with E-state index in [1.54, 1.807) is 19.1 Å². The molecule has 0 aromatic heterocycles. The number of benzene rings is 1. The Hall–Kier alpha value is -1.76. The number of aryl methyl sites for hydroxylation is 1. The average molecular weight is 287 g/mol. The molecule has 1 rings (SSSR count). The highest BCUT2D eigenvalue weighted by molar-refractivity contribution is 7.92. The van der Waals surface area contributed by atoms with Crippen molar-refractivity contribution in [1.29, 1.82) is 0 Å². The van der Waals surface area contributed by atoms with E-state index in [4.69, 9.17) is 9.84 Å². The van der Waals surface area contributed by atoms with Crippen molar-refractivity contribution in [2.24, 2.45) is 0 Å². The lowest BCUT2D eigenvalue weighted by Gasteiger charge is -2.14. The quantitative estimate of drug-likeness (QED) is 0.827. The van der Waals surface area contributed by atoms with Crippen molar-refractivity contribution in [3.05, 3.63) is 23.3 Å². The van der Waals surface area contributed by atoms with Crippen molar-refractivity contribution in [3.8, 4) is 5.75 Å². The molecule has 7 heteroatoms. The van der Waals surface area contributed by atoms with E-state index in [-0.39, 0.29) is 0 Å². The van der Waals surface area contributed by atoms with Gasteiger partial charge in [0.05, 0.1) is 25.0 Å². The maximum absolute atomic E-state index is 11.7. The summed E-state index contributed by atoms with van der Waals surface area (Å²) in [6, 6.07) is 3.37. The minimum Gasteiger partial charge on any atom is -0.496 e. The van der Waals surface area contributed by atoms with E-state index in [1.165, 1.54) is 7.11 Å². The number of aliphatic carboxylic acids is 1. The van der Waals surface area contributed by atoms with E-state index in [2.05, 4.69) is 4.72 Å². The van der Waals surface area contributed by atoms with Crippen LogP contribution in [0.1, 0.15) is 17.5 Å². The standard InChI is InChI=1S/C12H17NO5S/c1-8-4-5-10(9(2)12(8)18-3)13-19(16,17)7-6-11(14)15/h4-5,13H,6-7H2,1-3H3,(H,14,15). The molecule has 0 saturated carbocycles. The minimum atomic E-state index is -3.68. The summed E-state index contributed by atoms with van der Waals surface area (Å²) in [7, 11) is -2.16. The maximum Gasteiger partial charge on any atom is 0.304 e. The largest absolute Gasteiger partial charge is 0.496 e. The third-order valence-electron chi connectivity index (χ3n) is 2.66. The maximum atomic E-state index is 11.7. The number of nitrogens with one attached hydrogen (secondary N) is 1. The minimum absolute atomic E-state index is 0.396. The summed E-state index contributed by atoms with van der Waals surface area (Å²) < 4.78 is 31.0. The summed E-state index contributed by atoms with van der Waals surface area (Å²) in [5.74, 6) is -1.00. The number of methoxy groups -OCH3 is 1. The molecule has 19 heavy (non-hydrogen) atoms. The first-order valence-corrected chi connectivity index (χ1v) is 7.28. The fourth-order valence-corrected chi connectivity index (χ4v) is 2.79. The zero-order chi connectivity index (χ0) is 14.6. The normalized spacial score (nSPS) is 11.1. The molecule has 1 aromatic rings. The molecule has 0 radical (unpaired) electrons. The Morgan fingerprint density at radius 3 is 2.53 bits per heavy atom. The van der Waals surface area contributed by atoms with Crippen LogP contribution in [0.25, 0.3) is 0 Å². The number of carboxylic acids is 1. The van der Waals surface area contributed by atoms with Crippen LogP contribution in [0.5, 0.6) is 5.75 Å². The van der Waals surface area contributed by atoms with Gasteiger partial charge in [0, 0.05) is 5.56 Å². The molecule has 0 saturated heterocycles. The molecule has 0 aliphatic carbocycles. The SMILES string of the molecule is COc1c(C)ccc(NS(=O)(=O)CCC(=O)O)c1C. The molecule has 0 bridgehead atoms. The van der Waals surface area contributed by atoms with E-state index in [1.807, 2.05) is 6.92 Å². The van der Waals surface area contributed by atoms with Gasteiger partial charge in [0.1, 0.15) is 5.75 Å². The molecule has 0 atom stereocenters. The Balaban J connectivity index is 2.97. The van der Waals surface area contributed by atoms with Gasteiger partial charge in [-0.25, -0.2) is 8.42 Å². The molecular weight excluding hydrogens is 270 g/mol. The zero-order valence-electron chi connectivity index (χ0n) is 11.1.